The number of nitrogens with one attached hydrogen (secondary N) is 2. The fraction of sp³-hybridized carbons (Fsp3) is 0.250. The van der Waals surface area contributed by atoms with E-state index in [1.54, 1.807) is 6.20 Å². The zero-order valence-corrected chi connectivity index (χ0v) is 17.2. The van der Waals surface area contributed by atoms with Crippen molar-refractivity contribution >= 4 is 28.2 Å². The van der Waals surface area contributed by atoms with Gasteiger partial charge in [-0.3, -0.25) is 0 Å². The second-order valence-corrected chi connectivity index (χ2v) is 7.85. The van der Waals surface area contributed by atoms with Crippen LogP contribution in [-0.2, 0) is 4.74 Å². The Morgan fingerprint density at radius 2 is 1.77 bits per heavy atom. The highest BCUT2D eigenvalue weighted by Crippen LogP contribution is 2.28. The first-order valence-corrected chi connectivity index (χ1v) is 10.3. The number of nitrogens with zero attached hydrogens (tertiary/aromatic N) is 3. The third-order valence-corrected chi connectivity index (χ3v) is 5.43. The number of ether oxygens (including phenoxy) is 1. The zero-order chi connectivity index (χ0) is 20.5. The molecular weight excluding hydrogens is 374 g/mol. The Kier molecular flexibility index (Phi) is 4.85. The van der Waals surface area contributed by atoms with Crippen LogP contribution >= 0.6 is 0 Å². The van der Waals surface area contributed by atoms with Gasteiger partial charge in [0.05, 0.1) is 17.9 Å². The number of aromatic nitrogens is 3. The maximum atomic E-state index is 5.84. The highest BCUT2D eigenvalue weighted by atomic mass is 16.5. The second kappa shape index (κ2) is 7.80. The molecule has 1 fully saturated rings. The molecule has 0 radical (unpaired) electrons. The zero-order valence-electron chi connectivity index (χ0n) is 17.2. The van der Waals surface area contributed by atoms with E-state index < -0.39 is 0 Å². The molecule has 1 aliphatic heterocycles. The number of hydrogen-bond donors (Lipinski definition) is 2. The Morgan fingerprint density at radius 3 is 2.57 bits per heavy atom. The first-order valence-electron chi connectivity index (χ1n) is 10.3. The smallest absolute Gasteiger partial charge is 0.227 e. The first kappa shape index (κ1) is 18.6. The van der Waals surface area contributed by atoms with Gasteiger partial charge in [0.15, 0.2) is 0 Å². The number of para-hydroxylation sites is 1. The molecule has 6 nitrogen and oxygen atoms in total. The number of morpholine rings is 1. The van der Waals surface area contributed by atoms with Gasteiger partial charge in [-0.1, -0.05) is 18.2 Å². The van der Waals surface area contributed by atoms with Crippen LogP contribution in [0.15, 0.2) is 67.0 Å². The molecule has 1 unspecified atom stereocenters. The van der Waals surface area contributed by atoms with Gasteiger partial charge in [-0.25, -0.2) is 9.97 Å². The van der Waals surface area contributed by atoms with Gasteiger partial charge in [0, 0.05) is 53.3 Å². The van der Waals surface area contributed by atoms with Crippen LogP contribution in [0, 0.1) is 0 Å². The van der Waals surface area contributed by atoms with Crippen LogP contribution in [-0.4, -0.2) is 40.2 Å². The van der Waals surface area contributed by atoms with Gasteiger partial charge in [0.1, 0.15) is 0 Å². The number of anilines is 3. The Bertz CT molecular complexity index is 1140. The summed E-state index contributed by atoms with van der Waals surface area (Å²) in [6, 6.07) is 18.6. The van der Waals surface area contributed by atoms with Gasteiger partial charge < -0.3 is 19.9 Å². The SMILES string of the molecule is CC1CN(c2ccc(Nc3nccc(-c4c[nH]c5ccccc45)n3)cc2)C[C@H](C)O1. The van der Waals surface area contributed by atoms with Crippen molar-refractivity contribution in [3.8, 4) is 11.3 Å². The first-order chi connectivity index (χ1) is 14.7. The highest BCUT2D eigenvalue weighted by Gasteiger charge is 2.22. The quantitative estimate of drug-likeness (QED) is 0.506. The molecule has 6 heteroatoms. The van der Waals surface area contributed by atoms with E-state index in [0.717, 1.165) is 40.9 Å². The number of rotatable bonds is 4. The highest BCUT2D eigenvalue weighted by molar-refractivity contribution is 5.94. The van der Waals surface area contributed by atoms with E-state index >= 15 is 0 Å². The summed E-state index contributed by atoms with van der Waals surface area (Å²) >= 11 is 0. The summed E-state index contributed by atoms with van der Waals surface area (Å²) in [4.78, 5) is 14.8. The Labute approximate surface area is 175 Å². The summed E-state index contributed by atoms with van der Waals surface area (Å²) in [5.41, 5.74) is 5.22. The third kappa shape index (κ3) is 3.74. The van der Waals surface area contributed by atoms with E-state index in [2.05, 4.69) is 70.4 Å². The second-order valence-electron chi connectivity index (χ2n) is 7.85. The molecule has 1 saturated heterocycles. The minimum Gasteiger partial charge on any atom is -0.372 e. The molecule has 0 amide bonds. The van der Waals surface area contributed by atoms with E-state index in [-0.39, 0.29) is 12.2 Å². The van der Waals surface area contributed by atoms with E-state index in [4.69, 9.17) is 9.72 Å². The average molecular weight is 399 g/mol. The summed E-state index contributed by atoms with van der Waals surface area (Å²) in [5.74, 6) is 0.583. The summed E-state index contributed by atoms with van der Waals surface area (Å²) in [6.07, 6.45) is 4.27. The number of hydrogen-bond acceptors (Lipinski definition) is 5. The van der Waals surface area contributed by atoms with Gasteiger partial charge in [-0.05, 0) is 50.2 Å². The predicted octanol–water partition coefficient (Wildman–Crippen LogP) is 4.98. The monoisotopic (exact) mass is 399 g/mol. The van der Waals surface area contributed by atoms with Crippen LogP contribution in [0.1, 0.15) is 13.8 Å². The average Bonchev–Trinajstić information content (AvgIpc) is 3.18. The number of aromatic amines is 1. The van der Waals surface area contributed by atoms with Crippen molar-refractivity contribution in [1.82, 2.24) is 15.0 Å². The van der Waals surface area contributed by atoms with Crippen molar-refractivity contribution in [2.24, 2.45) is 0 Å². The van der Waals surface area contributed by atoms with Crippen molar-refractivity contribution in [3.63, 3.8) is 0 Å². The minimum absolute atomic E-state index is 0.243. The molecule has 2 aromatic heterocycles. The van der Waals surface area contributed by atoms with Crippen LogP contribution in [0.2, 0.25) is 0 Å². The molecule has 30 heavy (non-hydrogen) atoms. The van der Waals surface area contributed by atoms with Gasteiger partial charge in [0.2, 0.25) is 5.95 Å². The molecule has 5 rings (SSSR count). The van der Waals surface area contributed by atoms with Crippen LogP contribution in [0.25, 0.3) is 22.2 Å². The Morgan fingerprint density at radius 1 is 1.00 bits per heavy atom. The van der Waals surface area contributed by atoms with Crippen molar-refractivity contribution in [2.45, 2.75) is 26.1 Å². The standard InChI is InChI=1S/C24H25N5O/c1-16-14-29(15-17(2)30-16)19-9-7-18(8-10-19)27-24-25-12-11-23(28-24)21-13-26-22-6-4-3-5-20(21)22/h3-13,16-17,26H,14-15H2,1-2H3,(H,25,27,28)/t16-,17?/m0/s1. The van der Waals surface area contributed by atoms with Crippen LogP contribution in [0.4, 0.5) is 17.3 Å². The van der Waals surface area contributed by atoms with Crippen LogP contribution in [0.3, 0.4) is 0 Å². The molecule has 1 aliphatic rings. The fourth-order valence-corrected chi connectivity index (χ4v) is 4.13. The van der Waals surface area contributed by atoms with Crippen LogP contribution in [0.5, 0.6) is 0 Å². The lowest BCUT2D eigenvalue weighted by molar-refractivity contribution is -0.00521. The van der Waals surface area contributed by atoms with Gasteiger partial charge in [-0.2, -0.15) is 0 Å². The van der Waals surface area contributed by atoms with Crippen molar-refractivity contribution in [1.29, 1.82) is 0 Å². The molecule has 0 bridgehead atoms. The third-order valence-electron chi connectivity index (χ3n) is 5.43. The minimum atomic E-state index is 0.243. The molecule has 0 spiro atoms. The van der Waals surface area contributed by atoms with E-state index in [9.17, 15) is 0 Å². The largest absolute Gasteiger partial charge is 0.372 e. The van der Waals surface area contributed by atoms with E-state index in [1.165, 1.54) is 5.69 Å². The molecule has 0 saturated carbocycles. The summed E-state index contributed by atoms with van der Waals surface area (Å²) in [5, 5.41) is 4.48. The molecular formula is C24H25N5O. The number of fused-ring (bicyclic) bond motifs is 1. The van der Waals surface area contributed by atoms with Gasteiger partial charge in [0.25, 0.3) is 0 Å². The molecule has 3 heterocycles. The van der Waals surface area contributed by atoms with E-state index in [0.29, 0.717) is 5.95 Å². The molecule has 152 valence electrons. The van der Waals surface area contributed by atoms with Gasteiger partial charge in [-0.15, -0.1) is 0 Å². The molecule has 4 aromatic rings. The van der Waals surface area contributed by atoms with Crippen molar-refractivity contribution < 1.29 is 4.74 Å². The lowest BCUT2D eigenvalue weighted by atomic mass is 10.1. The Hall–Kier alpha value is -3.38. The molecule has 2 aromatic carbocycles. The summed E-state index contributed by atoms with van der Waals surface area (Å²) in [6.45, 7) is 6.06. The predicted molar refractivity (Wildman–Crippen MR) is 121 cm³/mol. The topological polar surface area (TPSA) is 66.1 Å². The van der Waals surface area contributed by atoms with E-state index in [1.807, 2.05) is 24.4 Å². The summed E-state index contributed by atoms with van der Waals surface area (Å²) in [7, 11) is 0. The molecule has 0 aliphatic carbocycles. The lowest BCUT2D eigenvalue weighted by Gasteiger charge is -2.36. The summed E-state index contributed by atoms with van der Waals surface area (Å²) < 4.78 is 5.84. The molecule has 2 N–H and O–H groups in total. The maximum absolute atomic E-state index is 5.84. The van der Waals surface area contributed by atoms with Crippen LogP contribution < -0.4 is 10.2 Å². The number of benzene rings is 2. The van der Waals surface area contributed by atoms with Crippen molar-refractivity contribution in [2.75, 3.05) is 23.3 Å². The lowest BCUT2D eigenvalue weighted by Crippen LogP contribution is -2.45. The normalized spacial score (nSPS) is 19.2. The Balaban J connectivity index is 1.34. The van der Waals surface area contributed by atoms with Crippen molar-refractivity contribution in [3.05, 3.63) is 67.0 Å². The van der Waals surface area contributed by atoms with Gasteiger partial charge >= 0.3 is 0 Å². The maximum Gasteiger partial charge on any atom is 0.227 e. The molecule has 2 atom stereocenters. The number of H-pyrrole nitrogens is 1. The fourth-order valence-electron chi connectivity index (χ4n) is 4.13.